The summed E-state index contributed by atoms with van der Waals surface area (Å²) in [4.78, 5) is 0. The van der Waals surface area contributed by atoms with Gasteiger partial charge in [-0.1, -0.05) is 13.5 Å². The van der Waals surface area contributed by atoms with Crippen LogP contribution in [0.15, 0.2) is 12.0 Å². The van der Waals surface area contributed by atoms with Crippen LogP contribution in [0.25, 0.3) is 0 Å². The van der Waals surface area contributed by atoms with Crippen LogP contribution in [0.5, 0.6) is 0 Å². The molecule has 1 aliphatic heterocycles. The van der Waals surface area contributed by atoms with Crippen LogP contribution in [-0.4, -0.2) is 25.3 Å². The lowest BCUT2D eigenvalue weighted by atomic mass is 9.95. The van der Waals surface area contributed by atoms with E-state index in [2.05, 4.69) is 13.5 Å². The first-order valence-electron chi connectivity index (χ1n) is 4.61. The normalized spacial score (nSPS) is 31.5. The van der Waals surface area contributed by atoms with E-state index in [0.717, 1.165) is 18.2 Å². The topological polar surface area (TPSA) is 37.4 Å². The van der Waals surface area contributed by atoms with Crippen LogP contribution >= 0.6 is 0 Å². The molecule has 0 amide bonds. The summed E-state index contributed by atoms with van der Waals surface area (Å²) in [5.74, 6) is 0.631. The first kappa shape index (κ1) is 10.7. The Kier molecular flexibility index (Phi) is 3.14. The summed E-state index contributed by atoms with van der Waals surface area (Å²) < 4.78 is 24.5. The van der Waals surface area contributed by atoms with Crippen LogP contribution in [0, 0.1) is 5.92 Å². The van der Waals surface area contributed by atoms with Crippen LogP contribution < -0.4 is 0 Å². The van der Waals surface area contributed by atoms with Crippen molar-refractivity contribution >= 4 is 10.0 Å². The smallest absolute Gasteiger partial charge is 0.208 e. The second-order valence-corrected chi connectivity index (χ2v) is 5.63. The third kappa shape index (κ3) is 2.31. The molecule has 0 aromatic heterocycles. The Bertz CT molecular complexity index is 284. The molecule has 3 nitrogen and oxygen atoms in total. The maximum Gasteiger partial charge on any atom is 0.235 e. The van der Waals surface area contributed by atoms with E-state index >= 15 is 0 Å². The maximum absolute atomic E-state index is 11.5. The van der Waals surface area contributed by atoms with Crippen molar-refractivity contribution in [2.24, 2.45) is 5.92 Å². The van der Waals surface area contributed by atoms with Crippen LogP contribution in [0.4, 0.5) is 0 Å². The molecule has 13 heavy (non-hydrogen) atoms. The van der Waals surface area contributed by atoms with Crippen molar-refractivity contribution < 1.29 is 8.42 Å². The molecule has 1 saturated heterocycles. The summed E-state index contributed by atoms with van der Waals surface area (Å²) in [6.07, 6.45) is 1.91. The van der Waals surface area contributed by atoms with Crippen LogP contribution in [0.3, 0.4) is 0 Å². The summed E-state index contributed by atoms with van der Waals surface area (Å²) in [7, 11) is -3.20. The zero-order valence-electron chi connectivity index (χ0n) is 8.23. The average Bonchev–Trinajstić information content (AvgIpc) is 2.03. The first-order chi connectivity index (χ1) is 5.97. The zero-order valence-corrected chi connectivity index (χ0v) is 9.05. The molecule has 0 aromatic rings. The molecule has 0 bridgehead atoms. The van der Waals surface area contributed by atoms with Gasteiger partial charge in [-0.2, -0.15) is 4.31 Å². The van der Waals surface area contributed by atoms with Crippen LogP contribution in [-0.2, 0) is 10.0 Å². The van der Waals surface area contributed by atoms with Gasteiger partial charge in [-0.15, -0.1) is 0 Å². The molecule has 1 rings (SSSR count). The predicted molar refractivity (Wildman–Crippen MR) is 53.7 cm³/mol. The molecular weight excluding hydrogens is 186 g/mol. The lowest BCUT2D eigenvalue weighted by molar-refractivity contribution is 0.222. The number of sulfonamides is 1. The minimum atomic E-state index is -3.20. The molecule has 2 unspecified atom stereocenters. The van der Waals surface area contributed by atoms with E-state index in [1.54, 1.807) is 4.31 Å². The molecular formula is C9H17NO2S. The quantitative estimate of drug-likeness (QED) is 0.683. The van der Waals surface area contributed by atoms with Gasteiger partial charge in [-0.05, 0) is 25.7 Å². The largest absolute Gasteiger partial charge is 0.235 e. The molecule has 4 heteroatoms. The lowest BCUT2D eigenvalue weighted by Crippen LogP contribution is -2.43. The number of nitrogens with zero attached hydrogens (tertiary/aromatic N) is 1. The van der Waals surface area contributed by atoms with E-state index in [9.17, 15) is 8.42 Å². The molecule has 76 valence electrons. The Morgan fingerprint density at radius 3 is 2.54 bits per heavy atom. The lowest BCUT2D eigenvalue weighted by Gasteiger charge is -2.34. The minimum Gasteiger partial charge on any atom is -0.208 e. The number of piperidine rings is 1. The van der Waals surface area contributed by atoms with E-state index in [0.29, 0.717) is 12.5 Å². The van der Waals surface area contributed by atoms with Gasteiger partial charge in [0.15, 0.2) is 0 Å². The molecule has 0 aliphatic carbocycles. The van der Waals surface area contributed by atoms with E-state index in [-0.39, 0.29) is 6.04 Å². The Morgan fingerprint density at radius 2 is 2.08 bits per heavy atom. The van der Waals surface area contributed by atoms with Crippen LogP contribution in [0.2, 0.25) is 0 Å². The van der Waals surface area contributed by atoms with Crippen molar-refractivity contribution in [2.75, 3.05) is 6.54 Å². The van der Waals surface area contributed by atoms with E-state index in [1.165, 1.54) is 0 Å². The number of hydrogen-bond acceptors (Lipinski definition) is 2. The first-order valence-corrected chi connectivity index (χ1v) is 6.12. The molecule has 0 saturated carbocycles. The summed E-state index contributed by atoms with van der Waals surface area (Å²) in [6.45, 7) is 8.08. The molecule has 0 N–H and O–H groups in total. The van der Waals surface area contributed by atoms with Gasteiger partial charge in [0.1, 0.15) is 0 Å². The predicted octanol–water partition coefficient (Wildman–Crippen LogP) is 1.58. The van der Waals surface area contributed by atoms with Gasteiger partial charge >= 0.3 is 0 Å². The fraction of sp³-hybridized carbons (Fsp3) is 0.778. The standard InChI is InChI=1S/C9H17NO2S/c1-4-13(11,12)10-6-5-8(2)7-9(10)3/h4,8-9H,1,5-7H2,2-3H3. The van der Waals surface area contributed by atoms with Crippen molar-refractivity contribution in [2.45, 2.75) is 32.7 Å². The fourth-order valence-corrected chi connectivity index (χ4v) is 3.00. The van der Waals surface area contributed by atoms with Gasteiger partial charge < -0.3 is 0 Å². The summed E-state index contributed by atoms with van der Waals surface area (Å²) >= 11 is 0. The van der Waals surface area contributed by atoms with Gasteiger partial charge in [-0.3, -0.25) is 0 Å². The third-order valence-corrected chi connectivity index (χ3v) is 4.23. The van der Waals surface area contributed by atoms with Gasteiger partial charge in [-0.25, -0.2) is 8.42 Å². The molecule has 0 aromatic carbocycles. The average molecular weight is 203 g/mol. The van der Waals surface area contributed by atoms with Gasteiger partial charge in [0.05, 0.1) is 0 Å². The molecule has 1 heterocycles. The third-order valence-electron chi connectivity index (χ3n) is 2.61. The van der Waals surface area contributed by atoms with Crippen molar-refractivity contribution in [3.63, 3.8) is 0 Å². The summed E-state index contributed by atoms with van der Waals surface area (Å²) in [5, 5.41) is 1.04. The molecule has 2 atom stereocenters. The zero-order chi connectivity index (χ0) is 10.1. The maximum atomic E-state index is 11.5. The molecule has 0 spiro atoms. The van der Waals surface area contributed by atoms with Crippen molar-refractivity contribution in [3.8, 4) is 0 Å². The molecule has 1 fully saturated rings. The monoisotopic (exact) mass is 203 g/mol. The minimum absolute atomic E-state index is 0.117. The SMILES string of the molecule is C=CS(=O)(=O)N1CCC(C)CC1C. The van der Waals surface area contributed by atoms with E-state index < -0.39 is 10.0 Å². The number of rotatable bonds is 2. The van der Waals surface area contributed by atoms with Gasteiger partial charge in [0.2, 0.25) is 10.0 Å². The Labute approximate surface area is 80.5 Å². The van der Waals surface area contributed by atoms with Gasteiger partial charge in [0.25, 0.3) is 0 Å². The van der Waals surface area contributed by atoms with Crippen molar-refractivity contribution in [1.82, 2.24) is 4.31 Å². The highest BCUT2D eigenvalue weighted by molar-refractivity contribution is 7.92. The highest BCUT2D eigenvalue weighted by Gasteiger charge is 2.29. The van der Waals surface area contributed by atoms with Crippen molar-refractivity contribution in [3.05, 3.63) is 12.0 Å². The molecule has 1 aliphatic rings. The van der Waals surface area contributed by atoms with Crippen molar-refractivity contribution in [1.29, 1.82) is 0 Å². The van der Waals surface area contributed by atoms with E-state index in [4.69, 9.17) is 0 Å². The van der Waals surface area contributed by atoms with Gasteiger partial charge in [0, 0.05) is 18.0 Å². The van der Waals surface area contributed by atoms with Crippen LogP contribution in [0.1, 0.15) is 26.7 Å². The highest BCUT2D eigenvalue weighted by atomic mass is 32.2. The fourth-order valence-electron chi connectivity index (χ4n) is 1.86. The second kappa shape index (κ2) is 3.80. The highest BCUT2D eigenvalue weighted by Crippen LogP contribution is 2.24. The molecule has 0 radical (unpaired) electrons. The Balaban J connectivity index is 2.78. The number of hydrogen-bond donors (Lipinski definition) is 0. The summed E-state index contributed by atoms with van der Waals surface area (Å²) in [6, 6.07) is 0.117. The Morgan fingerprint density at radius 1 is 1.46 bits per heavy atom. The second-order valence-electron chi connectivity index (χ2n) is 3.80. The Hall–Kier alpha value is -0.350. The summed E-state index contributed by atoms with van der Waals surface area (Å²) in [5.41, 5.74) is 0. The van der Waals surface area contributed by atoms with E-state index in [1.807, 2.05) is 6.92 Å².